The van der Waals surface area contributed by atoms with E-state index < -0.39 is 5.97 Å². The van der Waals surface area contributed by atoms with Crippen molar-refractivity contribution in [3.8, 4) is 0 Å². The maximum atomic E-state index is 10.2. The standard InChI is InChI=1S/C13H20N2O2/c1-11-7-8-12(15-10-11)14-9-5-3-2-4-6-13(16)17/h7-8,10H,2-6,9H2,1H3,(H,14,15)(H,16,17). The average molecular weight is 236 g/mol. The Hall–Kier alpha value is -1.58. The summed E-state index contributed by atoms with van der Waals surface area (Å²) in [4.78, 5) is 13.3. The molecule has 1 aromatic heterocycles. The van der Waals surface area contributed by atoms with Gasteiger partial charge in [-0.05, 0) is 44.2 Å². The molecular formula is C13H20N2O2. The van der Waals surface area contributed by atoms with Crippen molar-refractivity contribution in [2.45, 2.75) is 39.0 Å². The second-order valence-corrected chi connectivity index (χ2v) is 4.24. The minimum Gasteiger partial charge on any atom is -0.550 e. The van der Waals surface area contributed by atoms with E-state index in [1.54, 1.807) is 0 Å². The van der Waals surface area contributed by atoms with Crippen LogP contribution in [0.15, 0.2) is 18.3 Å². The minimum atomic E-state index is -0.947. The number of aryl methyl sites for hydroxylation is 1. The number of hydrogen-bond donors (Lipinski definition) is 1. The van der Waals surface area contributed by atoms with Gasteiger partial charge in [0.25, 0.3) is 5.82 Å². The molecule has 0 atom stereocenters. The molecule has 0 spiro atoms. The second kappa shape index (κ2) is 7.65. The van der Waals surface area contributed by atoms with E-state index in [9.17, 15) is 9.90 Å². The summed E-state index contributed by atoms with van der Waals surface area (Å²) < 4.78 is 0. The molecular weight excluding hydrogens is 216 g/mol. The third-order valence-corrected chi connectivity index (χ3v) is 2.59. The Bertz CT molecular complexity index is 336. The number of carbonyl (C=O) groups excluding carboxylic acids is 1. The number of aromatic nitrogens is 1. The molecule has 0 saturated carbocycles. The Kier molecular flexibility index (Phi) is 6.07. The van der Waals surface area contributed by atoms with Crippen LogP contribution in [-0.4, -0.2) is 12.5 Å². The van der Waals surface area contributed by atoms with Crippen LogP contribution < -0.4 is 15.4 Å². The SMILES string of the molecule is Cc1ccc(NCCCCCCC(=O)[O-])[nH+]c1. The van der Waals surface area contributed by atoms with Crippen molar-refractivity contribution >= 4 is 11.8 Å². The van der Waals surface area contributed by atoms with E-state index >= 15 is 0 Å². The zero-order valence-corrected chi connectivity index (χ0v) is 10.3. The van der Waals surface area contributed by atoms with Gasteiger partial charge in [0.15, 0.2) is 0 Å². The summed E-state index contributed by atoms with van der Waals surface area (Å²) in [6.07, 6.45) is 5.91. The number of hydrogen-bond acceptors (Lipinski definition) is 3. The van der Waals surface area contributed by atoms with Crippen molar-refractivity contribution in [3.05, 3.63) is 23.9 Å². The highest BCUT2D eigenvalue weighted by Gasteiger charge is 1.99. The molecule has 94 valence electrons. The van der Waals surface area contributed by atoms with Gasteiger partial charge < -0.3 is 9.90 Å². The average Bonchev–Trinajstić information content (AvgIpc) is 2.30. The normalized spacial score (nSPS) is 10.2. The number of carboxylic acids is 1. The van der Waals surface area contributed by atoms with Crippen LogP contribution >= 0.6 is 0 Å². The van der Waals surface area contributed by atoms with E-state index in [2.05, 4.69) is 16.4 Å². The van der Waals surface area contributed by atoms with E-state index in [0.717, 1.165) is 38.0 Å². The Balaban J connectivity index is 2.01. The van der Waals surface area contributed by atoms with Crippen LogP contribution in [0.5, 0.6) is 0 Å². The fourth-order valence-corrected chi connectivity index (χ4v) is 1.58. The summed E-state index contributed by atoms with van der Waals surface area (Å²) in [7, 11) is 0. The summed E-state index contributed by atoms with van der Waals surface area (Å²) in [6, 6.07) is 4.07. The van der Waals surface area contributed by atoms with Gasteiger partial charge >= 0.3 is 0 Å². The highest BCUT2D eigenvalue weighted by molar-refractivity contribution is 5.64. The van der Waals surface area contributed by atoms with Crippen LogP contribution in [0.2, 0.25) is 0 Å². The van der Waals surface area contributed by atoms with Gasteiger partial charge in [-0.15, -0.1) is 0 Å². The quantitative estimate of drug-likeness (QED) is 0.683. The molecule has 0 aliphatic carbocycles. The zero-order chi connectivity index (χ0) is 12.5. The lowest BCUT2D eigenvalue weighted by Crippen LogP contribution is -2.21. The predicted octanol–water partition coefficient (Wildman–Crippen LogP) is 0.921. The molecule has 0 radical (unpaired) electrons. The largest absolute Gasteiger partial charge is 0.550 e. The third kappa shape index (κ3) is 6.56. The lowest BCUT2D eigenvalue weighted by molar-refractivity contribution is -0.361. The molecule has 0 amide bonds. The van der Waals surface area contributed by atoms with Crippen LogP contribution in [0.1, 0.15) is 37.7 Å². The Morgan fingerprint density at radius 2 is 2.06 bits per heavy atom. The first kappa shape index (κ1) is 13.5. The maximum Gasteiger partial charge on any atom is 0.272 e. The highest BCUT2D eigenvalue weighted by Crippen LogP contribution is 2.04. The van der Waals surface area contributed by atoms with Crippen molar-refractivity contribution in [1.29, 1.82) is 0 Å². The van der Waals surface area contributed by atoms with E-state index in [1.807, 2.05) is 19.2 Å². The summed E-state index contributed by atoms with van der Waals surface area (Å²) in [5.74, 6) is 0.0720. The van der Waals surface area contributed by atoms with Crippen LogP contribution in [0.4, 0.5) is 5.82 Å². The first-order chi connectivity index (χ1) is 8.18. The molecule has 0 unspecified atom stereocenters. The number of aliphatic carboxylic acids is 1. The van der Waals surface area contributed by atoms with E-state index in [-0.39, 0.29) is 6.42 Å². The van der Waals surface area contributed by atoms with Gasteiger partial charge in [0.1, 0.15) is 0 Å². The number of pyridine rings is 1. The second-order valence-electron chi connectivity index (χ2n) is 4.24. The van der Waals surface area contributed by atoms with Gasteiger partial charge in [-0.25, -0.2) is 4.98 Å². The van der Waals surface area contributed by atoms with Crippen molar-refractivity contribution in [2.75, 3.05) is 11.9 Å². The molecule has 4 heteroatoms. The molecule has 0 aliphatic heterocycles. The summed E-state index contributed by atoms with van der Waals surface area (Å²) in [6.45, 7) is 2.95. The van der Waals surface area contributed by atoms with Gasteiger partial charge in [-0.2, -0.15) is 0 Å². The number of carboxylic acid groups (broad SMARTS) is 1. The Labute approximate surface area is 102 Å². The lowest BCUT2D eigenvalue weighted by atomic mass is 10.1. The molecule has 2 N–H and O–H groups in total. The van der Waals surface area contributed by atoms with Gasteiger partial charge in [0.05, 0.1) is 12.7 Å². The van der Waals surface area contributed by atoms with Gasteiger partial charge in [-0.3, -0.25) is 5.32 Å². The molecule has 0 aliphatic rings. The molecule has 4 nitrogen and oxygen atoms in total. The highest BCUT2D eigenvalue weighted by atomic mass is 16.4. The topological polar surface area (TPSA) is 66.3 Å². The molecule has 17 heavy (non-hydrogen) atoms. The first-order valence-corrected chi connectivity index (χ1v) is 6.10. The van der Waals surface area contributed by atoms with Crippen LogP contribution in [0.25, 0.3) is 0 Å². The van der Waals surface area contributed by atoms with E-state index in [0.29, 0.717) is 0 Å². The fraction of sp³-hybridized carbons (Fsp3) is 0.538. The number of aromatic amines is 1. The monoisotopic (exact) mass is 236 g/mol. The number of carbonyl (C=O) groups is 1. The van der Waals surface area contributed by atoms with Crippen molar-refractivity contribution in [3.63, 3.8) is 0 Å². The number of nitrogens with one attached hydrogen (secondary N) is 2. The number of rotatable bonds is 8. The van der Waals surface area contributed by atoms with Crippen LogP contribution in [0.3, 0.4) is 0 Å². The summed E-state index contributed by atoms with van der Waals surface area (Å²) in [5.41, 5.74) is 1.21. The fourth-order valence-electron chi connectivity index (χ4n) is 1.58. The minimum absolute atomic E-state index is 0.180. The molecule has 1 heterocycles. The number of H-pyrrole nitrogens is 1. The van der Waals surface area contributed by atoms with Gasteiger partial charge in [0, 0.05) is 12.0 Å². The van der Waals surface area contributed by atoms with Crippen LogP contribution in [0, 0.1) is 6.92 Å². The van der Waals surface area contributed by atoms with E-state index in [1.165, 1.54) is 5.56 Å². The molecule has 1 aromatic rings. The molecule has 0 fully saturated rings. The molecule has 0 aromatic carbocycles. The van der Waals surface area contributed by atoms with E-state index in [4.69, 9.17) is 0 Å². The van der Waals surface area contributed by atoms with Crippen molar-refractivity contribution < 1.29 is 14.9 Å². The van der Waals surface area contributed by atoms with Crippen molar-refractivity contribution in [2.24, 2.45) is 0 Å². The summed E-state index contributed by atoms with van der Waals surface area (Å²) >= 11 is 0. The Morgan fingerprint density at radius 3 is 2.71 bits per heavy atom. The van der Waals surface area contributed by atoms with Gasteiger partial charge in [0.2, 0.25) is 0 Å². The smallest absolute Gasteiger partial charge is 0.272 e. The lowest BCUT2D eigenvalue weighted by Gasteiger charge is -2.02. The first-order valence-electron chi connectivity index (χ1n) is 6.10. The number of anilines is 1. The van der Waals surface area contributed by atoms with Crippen molar-refractivity contribution in [1.82, 2.24) is 0 Å². The summed E-state index contributed by atoms with van der Waals surface area (Å²) in [5, 5.41) is 13.5. The molecule has 0 bridgehead atoms. The third-order valence-electron chi connectivity index (χ3n) is 2.59. The number of unbranched alkanes of at least 4 members (excludes halogenated alkanes) is 3. The molecule has 0 saturated heterocycles. The molecule has 1 rings (SSSR count). The van der Waals surface area contributed by atoms with Crippen LogP contribution in [-0.2, 0) is 4.79 Å². The predicted molar refractivity (Wildman–Crippen MR) is 64.3 cm³/mol. The maximum absolute atomic E-state index is 10.2. The Morgan fingerprint density at radius 1 is 1.29 bits per heavy atom. The zero-order valence-electron chi connectivity index (χ0n) is 10.3. The van der Waals surface area contributed by atoms with Gasteiger partial charge in [-0.1, -0.05) is 6.42 Å².